The summed E-state index contributed by atoms with van der Waals surface area (Å²) in [6.45, 7) is 1.59. The van der Waals surface area contributed by atoms with E-state index in [1.807, 2.05) is 6.08 Å². The highest BCUT2D eigenvalue weighted by molar-refractivity contribution is 5.87. The number of hydrogen-bond acceptors (Lipinski definition) is 6. The number of unbranched alkanes of at least 4 members (excludes halogenated alkanes) is 2. The fourth-order valence-corrected chi connectivity index (χ4v) is 2.18. The SMILES string of the molecule is CCCCC=Cc1c(O)c2cc(OCC(O)CO)ccc2oc1=O. The molecule has 1 aromatic carbocycles. The maximum absolute atomic E-state index is 12.0. The van der Waals surface area contributed by atoms with Gasteiger partial charge in [0.1, 0.15) is 35.4 Å². The number of rotatable bonds is 8. The first-order valence-electron chi connectivity index (χ1n) is 7.95. The smallest absolute Gasteiger partial charge is 0.347 e. The van der Waals surface area contributed by atoms with Gasteiger partial charge in [0.25, 0.3) is 0 Å². The average molecular weight is 334 g/mol. The van der Waals surface area contributed by atoms with E-state index in [-0.39, 0.29) is 23.5 Å². The second-order valence-corrected chi connectivity index (χ2v) is 5.50. The van der Waals surface area contributed by atoms with Crippen LogP contribution in [0.15, 0.2) is 33.5 Å². The molecule has 1 heterocycles. The van der Waals surface area contributed by atoms with Crippen LogP contribution < -0.4 is 10.4 Å². The molecule has 0 aliphatic heterocycles. The molecule has 130 valence electrons. The van der Waals surface area contributed by atoms with Crippen molar-refractivity contribution in [3.05, 3.63) is 40.3 Å². The predicted molar refractivity (Wildman–Crippen MR) is 91.3 cm³/mol. The standard InChI is InChI=1S/C18H22O6/c1-2-3-4-5-6-14-17(21)15-9-13(23-11-12(20)10-19)7-8-16(15)24-18(14)22/h5-9,12,19-21H,2-4,10-11H2,1H3. The van der Waals surface area contributed by atoms with Crippen molar-refractivity contribution < 1.29 is 24.5 Å². The summed E-state index contributed by atoms with van der Waals surface area (Å²) >= 11 is 0. The van der Waals surface area contributed by atoms with Crippen molar-refractivity contribution in [1.29, 1.82) is 0 Å². The first kappa shape index (κ1) is 18.0. The number of fused-ring (bicyclic) bond motifs is 1. The van der Waals surface area contributed by atoms with E-state index >= 15 is 0 Å². The Hall–Kier alpha value is -2.31. The Kier molecular flexibility index (Phi) is 6.40. The highest BCUT2D eigenvalue weighted by Gasteiger charge is 2.13. The van der Waals surface area contributed by atoms with Crippen LogP contribution in [-0.2, 0) is 0 Å². The van der Waals surface area contributed by atoms with Gasteiger partial charge in [0.05, 0.1) is 12.0 Å². The Morgan fingerprint density at radius 2 is 2.17 bits per heavy atom. The molecule has 1 aromatic heterocycles. The minimum absolute atomic E-state index is 0.0800. The molecule has 0 bridgehead atoms. The van der Waals surface area contributed by atoms with Gasteiger partial charge in [-0.2, -0.15) is 0 Å². The van der Waals surface area contributed by atoms with E-state index in [1.54, 1.807) is 12.1 Å². The van der Waals surface area contributed by atoms with Gasteiger partial charge in [-0.15, -0.1) is 0 Å². The molecule has 1 unspecified atom stereocenters. The summed E-state index contributed by atoms with van der Waals surface area (Å²) in [7, 11) is 0. The molecule has 0 amide bonds. The second-order valence-electron chi connectivity index (χ2n) is 5.50. The molecule has 2 rings (SSSR count). The molecule has 24 heavy (non-hydrogen) atoms. The van der Waals surface area contributed by atoms with E-state index in [2.05, 4.69) is 6.92 Å². The third kappa shape index (κ3) is 4.37. The van der Waals surface area contributed by atoms with Crippen molar-refractivity contribution in [2.75, 3.05) is 13.2 Å². The lowest BCUT2D eigenvalue weighted by atomic mass is 10.1. The molecule has 6 heteroatoms. The zero-order chi connectivity index (χ0) is 17.5. The second kappa shape index (κ2) is 8.52. The topological polar surface area (TPSA) is 100 Å². The fraction of sp³-hybridized carbons (Fsp3) is 0.389. The lowest BCUT2D eigenvalue weighted by Gasteiger charge is -2.11. The Balaban J connectivity index is 2.32. The maximum Gasteiger partial charge on any atom is 0.347 e. The van der Waals surface area contributed by atoms with Crippen LogP contribution in [0.2, 0.25) is 0 Å². The quantitative estimate of drug-likeness (QED) is 0.506. The van der Waals surface area contributed by atoms with Crippen LogP contribution in [0.1, 0.15) is 31.7 Å². The number of hydrogen-bond donors (Lipinski definition) is 3. The van der Waals surface area contributed by atoms with Crippen LogP contribution in [0, 0.1) is 0 Å². The molecule has 6 nitrogen and oxygen atoms in total. The van der Waals surface area contributed by atoms with Crippen LogP contribution >= 0.6 is 0 Å². The third-order valence-electron chi connectivity index (χ3n) is 3.55. The lowest BCUT2D eigenvalue weighted by Crippen LogP contribution is -2.21. The van der Waals surface area contributed by atoms with E-state index in [0.717, 1.165) is 19.3 Å². The molecule has 0 aliphatic carbocycles. The maximum atomic E-state index is 12.0. The summed E-state index contributed by atoms with van der Waals surface area (Å²) in [6.07, 6.45) is 5.28. The van der Waals surface area contributed by atoms with E-state index in [0.29, 0.717) is 11.1 Å². The van der Waals surface area contributed by atoms with Crippen molar-refractivity contribution in [2.24, 2.45) is 0 Å². The zero-order valence-electron chi connectivity index (χ0n) is 13.6. The van der Waals surface area contributed by atoms with Gasteiger partial charge in [-0.25, -0.2) is 4.79 Å². The normalized spacial score (nSPS) is 12.8. The molecule has 0 fully saturated rings. The molecule has 3 N–H and O–H groups in total. The zero-order valence-corrected chi connectivity index (χ0v) is 13.6. The highest BCUT2D eigenvalue weighted by Crippen LogP contribution is 2.30. The molecule has 0 radical (unpaired) electrons. The van der Waals surface area contributed by atoms with E-state index in [1.165, 1.54) is 12.1 Å². The highest BCUT2D eigenvalue weighted by atomic mass is 16.5. The fourth-order valence-electron chi connectivity index (χ4n) is 2.18. The van der Waals surface area contributed by atoms with Crippen molar-refractivity contribution in [3.8, 4) is 11.5 Å². The Labute approximate surface area is 139 Å². The van der Waals surface area contributed by atoms with Crippen LogP contribution in [0.5, 0.6) is 11.5 Å². The number of benzene rings is 1. The monoisotopic (exact) mass is 334 g/mol. The lowest BCUT2D eigenvalue weighted by molar-refractivity contribution is 0.0536. The van der Waals surface area contributed by atoms with Crippen molar-refractivity contribution in [2.45, 2.75) is 32.3 Å². The van der Waals surface area contributed by atoms with Crippen molar-refractivity contribution in [3.63, 3.8) is 0 Å². The van der Waals surface area contributed by atoms with Gasteiger partial charge < -0.3 is 24.5 Å². The predicted octanol–water partition coefficient (Wildman–Crippen LogP) is 2.43. The molecule has 2 aromatic rings. The Morgan fingerprint density at radius 1 is 1.38 bits per heavy atom. The summed E-state index contributed by atoms with van der Waals surface area (Å²) in [4.78, 5) is 12.0. The summed E-state index contributed by atoms with van der Waals surface area (Å²) < 4.78 is 10.6. The molecule has 0 aliphatic rings. The molecule has 0 saturated carbocycles. The first-order valence-corrected chi connectivity index (χ1v) is 7.95. The van der Waals surface area contributed by atoms with Crippen LogP contribution in [-0.4, -0.2) is 34.6 Å². The molecule has 0 spiro atoms. The van der Waals surface area contributed by atoms with Crippen LogP contribution in [0.4, 0.5) is 0 Å². The summed E-state index contributed by atoms with van der Waals surface area (Å²) in [5.74, 6) is 0.224. The van der Waals surface area contributed by atoms with E-state index in [4.69, 9.17) is 14.3 Å². The molecular weight excluding hydrogens is 312 g/mol. The summed E-state index contributed by atoms with van der Waals surface area (Å²) in [5.41, 5.74) is -0.249. The number of aliphatic hydroxyl groups excluding tert-OH is 2. The van der Waals surface area contributed by atoms with Gasteiger partial charge in [0, 0.05) is 0 Å². The van der Waals surface area contributed by atoms with Gasteiger partial charge in [0.2, 0.25) is 0 Å². The van der Waals surface area contributed by atoms with Gasteiger partial charge in [-0.1, -0.05) is 25.8 Å². The van der Waals surface area contributed by atoms with Gasteiger partial charge in [-0.05, 0) is 30.7 Å². The number of aliphatic hydroxyl groups is 2. The number of ether oxygens (including phenoxy) is 1. The molecular formula is C18H22O6. The van der Waals surface area contributed by atoms with E-state index in [9.17, 15) is 15.0 Å². The van der Waals surface area contributed by atoms with Gasteiger partial charge in [-0.3, -0.25) is 0 Å². The number of allylic oxidation sites excluding steroid dienone is 1. The Morgan fingerprint density at radius 3 is 2.88 bits per heavy atom. The van der Waals surface area contributed by atoms with Crippen LogP contribution in [0.3, 0.4) is 0 Å². The van der Waals surface area contributed by atoms with E-state index < -0.39 is 18.3 Å². The minimum atomic E-state index is -0.986. The van der Waals surface area contributed by atoms with Crippen molar-refractivity contribution in [1.82, 2.24) is 0 Å². The number of aromatic hydroxyl groups is 1. The summed E-state index contributed by atoms with van der Waals surface area (Å²) in [6, 6.07) is 4.61. The summed E-state index contributed by atoms with van der Waals surface area (Å²) in [5, 5.41) is 28.8. The van der Waals surface area contributed by atoms with Gasteiger partial charge >= 0.3 is 5.63 Å². The molecule has 0 saturated heterocycles. The minimum Gasteiger partial charge on any atom is -0.506 e. The first-order chi connectivity index (χ1) is 11.6. The molecule has 1 atom stereocenters. The average Bonchev–Trinajstić information content (AvgIpc) is 2.59. The third-order valence-corrected chi connectivity index (χ3v) is 3.55. The van der Waals surface area contributed by atoms with Gasteiger partial charge in [0.15, 0.2) is 0 Å². The largest absolute Gasteiger partial charge is 0.506 e. The van der Waals surface area contributed by atoms with Crippen LogP contribution in [0.25, 0.3) is 17.0 Å². The Bertz CT molecular complexity index is 762. The van der Waals surface area contributed by atoms with Crippen molar-refractivity contribution >= 4 is 17.0 Å².